The molecule has 1 heterocycles. The third kappa shape index (κ3) is 3.89. The summed E-state index contributed by atoms with van der Waals surface area (Å²) in [5.74, 6) is -0.652. The smallest absolute Gasteiger partial charge is 0.255 e. The van der Waals surface area contributed by atoms with Crippen molar-refractivity contribution in [2.24, 2.45) is 11.5 Å². The molecule has 0 bridgehead atoms. The molecule has 0 saturated carbocycles. The molecule has 0 spiro atoms. The van der Waals surface area contributed by atoms with Gasteiger partial charge in [-0.15, -0.1) is 0 Å². The van der Waals surface area contributed by atoms with E-state index < -0.39 is 22.5 Å². The summed E-state index contributed by atoms with van der Waals surface area (Å²) >= 11 is 5.90. The van der Waals surface area contributed by atoms with Crippen molar-refractivity contribution in [3.8, 4) is 5.75 Å². The molecule has 22 heavy (non-hydrogen) atoms. The molecule has 1 saturated heterocycles. The first-order valence-corrected chi connectivity index (χ1v) is 8.59. The average Bonchev–Trinajstić information content (AvgIpc) is 2.45. The van der Waals surface area contributed by atoms with Crippen LogP contribution in [0.5, 0.6) is 5.75 Å². The Morgan fingerprint density at radius 2 is 2.18 bits per heavy atom. The number of sulfonamides is 1. The number of hydrogen-bond acceptors (Lipinski definition) is 5. The number of carbonyl (C=O) groups excluding carboxylic acids is 1. The molecule has 2 rings (SSSR count). The number of nitrogens with two attached hydrogens (primary N) is 2. The first-order valence-electron chi connectivity index (χ1n) is 6.77. The van der Waals surface area contributed by atoms with Gasteiger partial charge in [0.05, 0.1) is 0 Å². The van der Waals surface area contributed by atoms with E-state index in [1.165, 1.54) is 22.5 Å². The molecular weight excluding hydrogens is 330 g/mol. The number of primary amides is 1. The molecule has 7 nitrogen and oxygen atoms in total. The molecule has 0 aliphatic carbocycles. The number of rotatable bonds is 5. The first kappa shape index (κ1) is 17.0. The van der Waals surface area contributed by atoms with Crippen LogP contribution in [0.3, 0.4) is 0 Å². The van der Waals surface area contributed by atoms with Crippen LogP contribution in [0.2, 0.25) is 5.02 Å². The van der Waals surface area contributed by atoms with Gasteiger partial charge in [-0.25, -0.2) is 8.42 Å². The summed E-state index contributed by atoms with van der Waals surface area (Å²) < 4.78 is 32.0. The predicted molar refractivity (Wildman–Crippen MR) is 82.1 cm³/mol. The Labute approximate surface area is 134 Å². The number of nitrogens with zero attached hydrogens (tertiary/aromatic N) is 1. The number of ether oxygens (including phenoxy) is 1. The highest BCUT2D eigenvalue weighted by atomic mass is 35.5. The lowest BCUT2D eigenvalue weighted by Crippen LogP contribution is -2.45. The molecule has 1 fully saturated rings. The van der Waals surface area contributed by atoms with Gasteiger partial charge in [0.15, 0.2) is 6.61 Å². The van der Waals surface area contributed by atoms with Gasteiger partial charge < -0.3 is 16.2 Å². The third-order valence-corrected chi connectivity index (χ3v) is 5.44. The summed E-state index contributed by atoms with van der Waals surface area (Å²) in [5.41, 5.74) is 10.9. The van der Waals surface area contributed by atoms with E-state index in [4.69, 9.17) is 27.8 Å². The highest BCUT2D eigenvalue weighted by molar-refractivity contribution is 7.89. The van der Waals surface area contributed by atoms with Gasteiger partial charge in [0.1, 0.15) is 10.6 Å². The van der Waals surface area contributed by atoms with Crippen LogP contribution in [0.25, 0.3) is 0 Å². The lowest BCUT2D eigenvalue weighted by Gasteiger charge is -2.30. The second kappa shape index (κ2) is 6.82. The van der Waals surface area contributed by atoms with E-state index in [0.717, 1.165) is 6.42 Å². The van der Waals surface area contributed by atoms with Crippen molar-refractivity contribution in [2.75, 3.05) is 19.7 Å². The fourth-order valence-electron chi connectivity index (χ4n) is 2.28. The van der Waals surface area contributed by atoms with Gasteiger partial charge in [0, 0.05) is 24.2 Å². The van der Waals surface area contributed by atoms with Crippen LogP contribution in [-0.2, 0) is 14.8 Å². The highest BCUT2D eigenvalue weighted by Crippen LogP contribution is 2.31. The zero-order valence-corrected chi connectivity index (χ0v) is 13.4. The maximum absolute atomic E-state index is 12.8. The standard InChI is InChI=1S/C13H18ClN3O4S/c14-9-3-4-11(21-8-13(16)18)12(6-9)22(19,20)17-5-1-2-10(15)7-17/h3-4,6,10H,1-2,5,7-8,15H2,(H2,16,18). The lowest BCUT2D eigenvalue weighted by atomic mass is 10.1. The van der Waals surface area contributed by atoms with Gasteiger partial charge >= 0.3 is 0 Å². The van der Waals surface area contributed by atoms with Crippen molar-refractivity contribution < 1.29 is 17.9 Å². The van der Waals surface area contributed by atoms with E-state index in [1.54, 1.807) is 0 Å². The predicted octanol–water partition coefficient (Wildman–Crippen LogP) is 0.316. The van der Waals surface area contributed by atoms with E-state index in [-0.39, 0.29) is 28.3 Å². The van der Waals surface area contributed by atoms with Crippen LogP contribution in [0.4, 0.5) is 0 Å². The molecule has 0 aromatic heterocycles. The Morgan fingerprint density at radius 1 is 1.45 bits per heavy atom. The Kier molecular flexibility index (Phi) is 5.28. The van der Waals surface area contributed by atoms with Crippen molar-refractivity contribution in [3.05, 3.63) is 23.2 Å². The Morgan fingerprint density at radius 3 is 2.82 bits per heavy atom. The summed E-state index contributed by atoms with van der Waals surface area (Å²) in [6.07, 6.45) is 1.48. The zero-order valence-electron chi connectivity index (χ0n) is 11.9. The quantitative estimate of drug-likeness (QED) is 0.795. The first-order chi connectivity index (χ1) is 10.3. The summed E-state index contributed by atoms with van der Waals surface area (Å²) in [4.78, 5) is 10.8. The minimum absolute atomic E-state index is 0.0438. The highest BCUT2D eigenvalue weighted by Gasteiger charge is 2.31. The van der Waals surface area contributed by atoms with E-state index in [2.05, 4.69) is 0 Å². The van der Waals surface area contributed by atoms with E-state index in [1.807, 2.05) is 0 Å². The minimum Gasteiger partial charge on any atom is -0.482 e. The van der Waals surface area contributed by atoms with Crippen molar-refractivity contribution >= 4 is 27.5 Å². The largest absolute Gasteiger partial charge is 0.482 e. The van der Waals surface area contributed by atoms with Crippen molar-refractivity contribution in [2.45, 2.75) is 23.8 Å². The molecule has 1 amide bonds. The van der Waals surface area contributed by atoms with Crippen LogP contribution >= 0.6 is 11.6 Å². The van der Waals surface area contributed by atoms with Gasteiger partial charge in [-0.05, 0) is 31.0 Å². The van der Waals surface area contributed by atoms with Crippen LogP contribution in [0.15, 0.2) is 23.1 Å². The Balaban J connectivity index is 2.36. The lowest BCUT2D eigenvalue weighted by molar-refractivity contribution is -0.120. The molecule has 1 aliphatic rings. The Hall–Kier alpha value is -1.35. The maximum atomic E-state index is 12.8. The molecule has 4 N–H and O–H groups in total. The van der Waals surface area contributed by atoms with Crippen molar-refractivity contribution in [1.29, 1.82) is 0 Å². The summed E-state index contributed by atoms with van der Waals surface area (Å²) in [6.45, 7) is 0.214. The molecular formula is C13H18ClN3O4S. The Bertz CT molecular complexity index is 665. The van der Waals surface area contributed by atoms with Gasteiger partial charge in [-0.3, -0.25) is 4.79 Å². The molecule has 122 valence electrons. The fraction of sp³-hybridized carbons (Fsp3) is 0.462. The number of halogens is 1. The number of piperidine rings is 1. The third-order valence-electron chi connectivity index (χ3n) is 3.31. The SMILES string of the molecule is NC(=O)COc1ccc(Cl)cc1S(=O)(=O)N1CCCC(N)C1. The van der Waals surface area contributed by atoms with E-state index in [0.29, 0.717) is 13.0 Å². The molecule has 1 aromatic carbocycles. The average molecular weight is 348 g/mol. The summed E-state index contributed by atoms with van der Waals surface area (Å²) in [7, 11) is -3.80. The van der Waals surface area contributed by atoms with Crippen LogP contribution < -0.4 is 16.2 Å². The van der Waals surface area contributed by atoms with Gasteiger partial charge in [0.25, 0.3) is 5.91 Å². The van der Waals surface area contributed by atoms with Crippen LogP contribution in [0.1, 0.15) is 12.8 Å². The molecule has 1 atom stereocenters. The van der Waals surface area contributed by atoms with Crippen LogP contribution in [-0.4, -0.2) is 44.4 Å². The van der Waals surface area contributed by atoms with Crippen molar-refractivity contribution in [3.63, 3.8) is 0 Å². The topological polar surface area (TPSA) is 116 Å². The molecule has 0 radical (unpaired) electrons. The van der Waals surface area contributed by atoms with Gasteiger partial charge in [-0.2, -0.15) is 4.31 Å². The zero-order chi connectivity index (χ0) is 16.3. The van der Waals surface area contributed by atoms with Crippen LogP contribution in [0, 0.1) is 0 Å². The molecule has 1 aromatic rings. The second-order valence-electron chi connectivity index (χ2n) is 5.11. The normalized spacial score (nSPS) is 19.8. The van der Waals surface area contributed by atoms with E-state index >= 15 is 0 Å². The molecule has 1 aliphatic heterocycles. The molecule has 1 unspecified atom stereocenters. The number of hydrogen-bond donors (Lipinski definition) is 2. The number of benzene rings is 1. The molecule has 9 heteroatoms. The summed E-state index contributed by atoms with van der Waals surface area (Å²) in [6, 6.07) is 3.99. The minimum atomic E-state index is -3.80. The van der Waals surface area contributed by atoms with Crippen molar-refractivity contribution in [1.82, 2.24) is 4.31 Å². The van der Waals surface area contributed by atoms with Gasteiger partial charge in [0.2, 0.25) is 10.0 Å². The number of amides is 1. The number of carbonyl (C=O) groups is 1. The summed E-state index contributed by atoms with van der Waals surface area (Å²) in [5, 5.41) is 0.256. The fourth-order valence-corrected chi connectivity index (χ4v) is 4.21. The monoisotopic (exact) mass is 347 g/mol. The maximum Gasteiger partial charge on any atom is 0.255 e. The second-order valence-corrected chi connectivity index (χ2v) is 7.45. The van der Waals surface area contributed by atoms with Gasteiger partial charge in [-0.1, -0.05) is 11.6 Å². The van der Waals surface area contributed by atoms with E-state index in [9.17, 15) is 13.2 Å².